The van der Waals surface area contributed by atoms with E-state index in [1.807, 2.05) is 28.0 Å². The fourth-order valence-electron chi connectivity index (χ4n) is 6.99. The molecule has 0 unspecified atom stereocenters. The monoisotopic (exact) mass is 600 g/mol. The number of ether oxygens (including phenoxy) is 2. The number of hydrogen-bond donors (Lipinski definition) is 0. The fourth-order valence-corrected chi connectivity index (χ4v) is 6.99. The van der Waals surface area contributed by atoms with Crippen LogP contribution in [0.5, 0.6) is 5.75 Å². The van der Waals surface area contributed by atoms with Gasteiger partial charge < -0.3 is 9.47 Å². The van der Waals surface area contributed by atoms with E-state index in [0.29, 0.717) is 17.9 Å². The second kappa shape index (κ2) is 15.2. The molecular formula is C37H52N4O3. The number of amides is 1. The van der Waals surface area contributed by atoms with E-state index >= 15 is 0 Å². The summed E-state index contributed by atoms with van der Waals surface area (Å²) < 4.78 is 13.6. The summed E-state index contributed by atoms with van der Waals surface area (Å²) in [4.78, 5) is 21.1. The summed E-state index contributed by atoms with van der Waals surface area (Å²) in [6.07, 6.45) is 16.6. The highest BCUT2D eigenvalue weighted by Gasteiger charge is 2.33. The van der Waals surface area contributed by atoms with Gasteiger partial charge in [-0.3, -0.25) is 14.4 Å². The van der Waals surface area contributed by atoms with Crippen LogP contribution >= 0.6 is 0 Å². The van der Waals surface area contributed by atoms with Crippen LogP contribution in [0.3, 0.4) is 0 Å². The van der Waals surface area contributed by atoms with Gasteiger partial charge in [-0.05, 0) is 125 Å². The molecule has 2 saturated carbocycles. The zero-order chi connectivity index (χ0) is 31.1. The van der Waals surface area contributed by atoms with Crippen molar-refractivity contribution in [1.82, 2.24) is 14.8 Å². The Morgan fingerprint density at radius 1 is 1.02 bits per heavy atom. The van der Waals surface area contributed by atoms with Crippen LogP contribution in [0.25, 0.3) is 11.1 Å². The topological polar surface area (TPSA) is 69.5 Å². The molecule has 1 amide bonds. The molecule has 0 spiro atoms. The fraction of sp³-hybridized carbons (Fsp3) is 0.595. The number of pyridine rings is 1. The lowest BCUT2D eigenvalue weighted by Gasteiger charge is -2.36. The summed E-state index contributed by atoms with van der Waals surface area (Å²) >= 11 is 0. The Morgan fingerprint density at radius 3 is 2.45 bits per heavy atom. The minimum absolute atomic E-state index is 0.0220. The maximum absolute atomic E-state index is 14.3. The average molecular weight is 601 g/mol. The van der Waals surface area contributed by atoms with E-state index < -0.39 is 0 Å². The van der Waals surface area contributed by atoms with E-state index in [1.165, 1.54) is 11.1 Å². The predicted octanol–water partition coefficient (Wildman–Crippen LogP) is 8.53. The number of carbonyl (C=O) groups is 1. The molecule has 7 heteroatoms. The number of carbonyl (C=O) groups excluding carboxylic acids is 1. The lowest BCUT2D eigenvalue weighted by atomic mass is 9.78. The summed E-state index contributed by atoms with van der Waals surface area (Å²) in [7, 11) is 1.73. The van der Waals surface area contributed by atoms with E-state index in [2.05, 4.69) is 63.3 Å². The van der Waals surface area contributed by atoms with Gasteiger partial charge >= 0.3 is 0 Å². The van der Waals surface area contributed by atoms with Gasteiger partial charge in [0.05, 0.1) is 19.4 Å². The van der Waals surface area contributed by atoms with Crippen molar-refractivity contribution in [2.75, 3.05) is 25.2 Å². The van der Waals surface area contributed by atoms with Crippen LogP contribution in [0.4, 0.5) is 5.82 Å². The first-order chi connectivity index (χ1) is 21.4. The molecule has 0 aliphatic heterocycles. The highest BCUT2D eigenvalue weighted by atomic mass is 16.5. The number of methoxy groups -OCH3 is 1. The highest BCUT2D eigenvalue weighted by Crippen LogP contribution is 2.39. The smallest absolute Gasteiger partial charge is 0.231 e. The molecule has 0 saturated heterocycles. The van der Waals surface area contributed by atoms with Crippen molar-refractivity contribution in [1.29, 1.82) is 0 Å². The third-order valence-electron chi connectivity index (χ3n) is 9.80. The maximum Gasteiger partial charge on any atom is 0.231 e. The minimum Gasteiger partial charge on any atom is -0.496 e. The van der Waals surface area contributed by atoms with E-state index in [-0.39, 0.29) is 17.9 Å². The van der Waals surface area contributed by atoms with Gasteiger partial charge in [0.15, 0.2) is 0 Å². The minimum atomic E-state index is 0.0220. The summed E-state index contributed by atoms with van der Waals surface area (Å²) in [5, 5.41) is 4.55. The van der Waals surface area contributed by atoms with Crippen LogP contribution < -0.4 is 9.64 Å². The highest BCUT2D eigenvalue weighted by molar-refractivity contribution is 5.94. The molecule has 0 radical (unpaired) electrons. The Bertz CT molecular complexity index is 1350. The van der Waals surface area contributed by atoms with Crippen molar-refractivity contribution in [2.24, 2.45) is 11.8 Å². The largest absolute Gasteiger partial charge is 0.496 e. The normalized spacial score (nSPS) is 22.2. The van der Waals surface area contributed by atoms with E-state index in [9.17, 15) is 4.79 Å². The quantitative estimate of drug-likeness (QED) is 0.195. The number of nitrogens with zero attached hydrogens (tertiary/aromatic N) is 4. The molecule has 2 aliphatic carbocycles. The summed E-state index contributed by atoms with van der Waals surface area (Å²) in [6, 6.07) is 11.0. The zero-order valence-electron chi connectivity index (χ0n) is 27.5. The molecule has 3 aromatic rings. The number of hydrogen-bond acceptors (Lipinski definition) is 5. The summed E-state index contributed by atoms with van der Waals surface area (Å²) in [5.41, 5.74) is 4.70. The van der Waals surface area contributed by atoms with Gasteiger partial charge in [-0.15, -0.1) is 0 Å². The van der Waals surface area contributed by atoms with Crippen LogP contribution in [0, 0.1) is 18.8 Å². The molecular weight excluding hydrogens is 548 g/mol. The van der Waals surface area contributed by atoms with Crippen LogP contribution in [0.2, 0.25) is 0 Å². The summed E-state index contributed by atoms with van der Waals surface area (Å²) in [5.74, 6) is 2.98. The molecule has 2 fully saturated rings. The van der Waals surface area contributed by atoms with Crippen LogP contribution in [-0.4, -0.2) is 47.0 Å². The zero-order valence-corrected chi connectivity index (χ0v) is 27.5. The third kappa shape index (κ3) is 7.90. The van der Waals surface area contributed by atoms with Gasteiger partial charge in [0.1, 0.15) is 11.6 Å². The maximum atomic E-state index is 14.3. The van der Waals surface area contributed by atoms with Gasteiger partial charge in [0.2, 0.25) is 5.91 Å². The first-order valence-corrected chi connectivity index (χ1v) is 16.9. The van der Waals surface area contributed by atoms with Gasteiger partial charge in [-0.2, -0.15) is 5.10 Å². The molecule has 0 bridgehead atoms. The van der Waals surface area contributed by atoms with Crippen molar-refractivity contribution in [3.05, 3.63) is 60.0 Å². The molecule has 238 valence electrons. The lowest BCUT2D eigenvalue weighted by molar-refractivity contribution is -0.124. The molecule has 2 aliphatic rings. The van der Waals surface area contributed by atoms with Gasteiger partial charge in [-0.1, -0.05) is 25.5 Å². The molecule has 44 heavy (non-hydrogen) atoms. The second-order valence-electron chi connectivity index (χ2n) is 13.3. The number of aromatic nitrogens is 3. The molecule has 1 aromatic carbocycles. The van der Waals surface area contributed by atoms with Crippen molar-refractivity contribution < 1.29 is 14.3 Å². The third-order valence-corrected chi connectivity index (χ3v) is 9.80. The molecule has 2 heterocycles. The molecule has 2 aromatic heterocycles. The van der Waals surface area contributed by atoms with Crippen LogP contribution in [0.1, 0.15) is 108 Å². The Hall–Kier alpha value is -3.19. The van der Waals surface area contributed by atoms with Crippen molar-refractivity contribution >= 4 is 11.7 Å². The Labute approximate surface area is 264 Å². The van der Waals surface area contributed by atoms with Crippen molar-refractivity contribution in [3.8, 4) is 16.9 Å². The number of unbranched alkanes of at least 4 members (excludes halogenated alkanes) is 1. The SMILES string of the molecule is CCCCOC1CCC(C(=O)N(CC2CCC(c3ccc(OC)c(C)c3)CC2)c2cc(-c3cnn(C(C)C)c3)ccn2)CC1. The van der Waals surface area contributed by atoms with Crippen molar-refractivity contribution in [2.45, 2.75) is 110 Å². The Balaban J connectivity index is 1.30. The van der Waals surface area contributed by atoms with Gasteiger partial charge in [0, 0.05) is 43.1 Å². The van der Waals surface area contributed by atoms with Gasteiger partial charge in [0.25, 0.3) is 0 Å². The average Bonchev–Trinajstić information content (AvgIpc) is 3.55. The molecule has 5 rings (SSSR count). The van der Waals surface area contributed by atoms with Crippen molar-refractivity contribution in [3.63, 3.8) is 0 Å². The molecule has 7 nitrogen and oxygen atoms in total. The van der Waals surface area contributed by atoms with Crippen LogP contribution in [0.15, 0.2) is 48.9 Å². The summed E-state index contributed by atoms with van der Waals surface area (Å²) in [6.45, 7) is 10.1. The number of rotatable bonds is 12. The Kier molecular flexibility index (Phi) is 11.1. The predicted molar refractivity (Wildman–Crippen MR) is 177 cm³/mol. The number of anilines is 1. The Morgan fingerprint density at radius 2 is 1.80 bits per heavy atom. The standard InChI is InChI=1S/C37H52N4O3/c1-6-7-20-44-34-15-12-30(13-16-34)37(42)40(36-22-32(18-19-38-36)33-23-39-41(25-33)26(2)3)24-28-8-10-29(11-9-28)31-14-17-35(43-5)27(4)21-31/h14,17-19,21-23,25-26,28-30,34H,6-13,15-16,20,24H2,1-5H3. The van der Waals surface area contributed by atoms with E-state index in [4.69, 9.17) is 14.5 Å². The molecule has 0 atom stereocenters. The molecule has 0 N–H and O–H groups in total. The number of benzene rings is 1. The van der Waals surface area contributed by atoms with E-state index in [0.717, 1.165) is 100 Å². The lowest BCUT2D eigenvalue weighted by Crippen LogP contribution is -2.42. The van der Waals surface area contributed by atoms with E-state index in [1.54, 1.807) is 7.11 Å². The van der Waals surface area contributed by atoms with Gasteiger partial charge in [-0.25, -0.2) is 4.98 Å². The van der Waals surface area contributed by atoms with Crippen LogP contribution in [-0.2, 0) is 9.53 Å². The first kappa shape index (κ1) is 32.2. The number of aryl methyl sites for hydroxylation is 1. The second-order valence-corrected chi connectivity index (χ2v) is 13.3. The first-order valence-electron chi connectivity index (χ1n) is 16.9.